The van der Waals surface area contributed by atoms with Gasteiger partial charge in [-0.1, -0.05) is 19.1 Å². The van der Waals surface area contributed by atoms with Gasteiger partial charge < -0.3 is 14.5 Å². The SMILES string of the molecule is CCCOC(=O)c1cccc(NC(=O)/C=C/c2cnc3ccccn23)c1. The number of hydrogen-bond donors (Lipinski definition) is 1. The number of esters is 1. The zero-order valence-corrected chi connectivity index (χ0v) is 14.4. The minimum absolute atomic E-state index is 0.296. The standard InChI is InChI=1S/C20H19N3O3/c1-2-12-26-20(25)15-6-5-7-16(13-15)22-19(24)10-9-17-14-21-18-8-3-4-11-23(17)18/h3-11,13-14H,2,12H2,1H3,(H,22,24)/b10-9+. The summed E-state index contributed by atoms with van der Waals surface area (Å²) >= 11 is 0. The first-order chi connectivity index (χ1) is 12.7. The molecule has 3 rings (SSSR count). The summed E-state index contributed by atoms with van der Waals surface area (Å²) in [6.45, 7) is 2.30. The van der Waals surface area contributed by atoms with E-state index in [0.29, 0.717) is 17.9 Å². The fourth-order valence-corrected chi connectivity index (χ4v) is 2.42. The lowest BCUT2D eigenvalue weighted by molar-refractivity contribution is -0.111. The highest BCUT2D eigenvalue weighted by molar-refractivity contribution is 6.02. The van der Waals surface area contributed by atoms with Crippen LogP contribution in [0.25, 0.3) is 11.7 Å². The average molecular weight is 349 g/mol. The number of rotatable bonds is 6. The molecular formula is C20H19N3O3. The van der Waals surface area contributed by atoms with Gasteiger partial charge in [-0.05, 0) is 42.8 Å². The average Bonchev–Trinajstić information content (AvgIpc) is 3.08. The molecule has 0 radical (unpaired) electrons. The van der Waals surface area contributed by atoms with Crippen molar-refractivity contribution in [1.82, 2.24) is 9.38 Å². The number of nitrogens with zero attached hydrogens (tertiary/aromatic N) is 2. The van der Waals surface area contributed by atoms with E-state index in [-0.39, 0.29) is 5.91 Å². The first-order valence-corrected chi connectivity index (χ1v) is 8.35. The number of pyridine rings is 1. The maximum atomic E-state index is 12.2. The van der Waals surface area contributed by atoms with E-state index in [4.69, 9.17) is 4.74 Å². The fraction of sp³-hybridized carbons (Fsp3) is 0.150. The molecule has 26 heavy (non-hydrogen) atoms. The molecule has 0 saturated carbocycles. The van der Waals surface area contributed by atoms with Crippen molar-refractivity contribution in [2.24, 2.45) is 0 Å². The lowest BCUT2D eigenvalue weighted by Gasteiger charge is -2.06. The molecule has 2 aromatic heterocycles. The predicted molar refractivity (Wildman–Crippen MR) is 99.9 cm³/mol. The van der Waals surface area contributed by atoms with Crippen molar-refractivity contribution >= 4 is 29.3 Å². The van der Waals surface area contributed by atoms with Gasteiger partial charge in [-0.25, -0.2) is 9.78 Å². The van der Waals surface area contributed by atoms with E-state index >= 15 is 0 Å². The molecule has 0 bridgehead atoms. The molecule has 0 saturated heterocycles. The highest BCUT2D eigenvalue weighted by Crippen LogP contribution is 2.13. The van der Waals surface area contributed by atoms with E-state index in [1.807, 2.05) is 35.7 Å². The third-order valence-corrected chi connectivity index (χ3v) is 3.65. The number of benzene rings is 1. The Morgan fingerprint density at radius 3 is 2.96 bits per heavy atom. The minimum atomic E-state index is -0.399. The normalized spacial score (nSPS) is 11.0. The molecular weight excluding hydrogens is 330 g/mol. The van der Waals surface area contributed by atoms with Gasteiger partial charge in [0.15, 0.2) is 0 Å². The predicted octanol–water partition coefficient (Wildman–Crippen LogP) is 3.55. The van der Waals surface area contributed by atoms with Crippen LogP contribution in [0.3, 0.4) is 0 Å². The zero-order chi connectivity index (χ0) is 18.4. The second-order valence-electron chi connectivity index (χ2n) is 5.65. The van der Waals surface area contributed by atoms with Gasteiger partial charge in [0.05, 0.1) is 24.1 Å². The van der Waals surface area contributed by atoms with Crippen LogP contribution in [0.15, 0.2) is 60.9 Å². The second kappa shape index (κ2) is 8.11. The molecule has 6 heteroatoms. The molecule has 0 fully saturated rings. The summed E-state index contributed by atoms with van der Waals surface area (Å²) in [4.78, 5) is 28.3. The van der Waals surface area contributed by atoms with Crippen molar-refractivity contribution in [2.45, 2.75) is 13.3 Å². The molecule has 1 N–H and O–H groups in total. The summed E-state index contributed by atoms with van der Waals surface area (Å²) in [5.41, 5.74) is 2.55. The monoisotopic (exact) mass is 349 g/mol. The fourth-order valence-electron chi connectivity index (χ4n) is 2.42. The van der Waals surface area contributed by atoms with E-state index in [2.05, 4.69) is 10.3 Å². The van der Waals surface area contributed by atoms with Gasteiger partial charge >= 0.3 is 5.97 Å². The molecule has 6 nitrogen and oxygen atoms in total. The molecule has 3 aromatic rings. The molecule has 0 aliphatic heterocycles. The van der Waals surface area contributed by atoms with Crippen LogP contribution in [0.1, 0.15) is 29.4 Å². The van der Waals surface area contributed by atoms with Gasteiger partial charge in [0.2, 0.25) is 5.91 Å². The molecule has 0 aliphatic carbocycles. The Kier molecular flexibility index (Phi) is 5.43. The summed E-state index contributed by atoms with van der Waals surface area (Å²) in [6.07, 6.45) is 7.46. The van der Waals surface area contributed by atoms with Crippen LogP contribution in [0.4, 0.5) is 5.69 Å². The minimum Gasteiger partial charge on any atom is -0.462 e. The second-order valence-corrected chi connectivity index (χ2v) is 5.65. The van der Waals surface area contributed by atoms with Gasteiger partial charge in [0.25, 0.3) is 0 Å². The Morgan fingerprint density at radius 2 is 2.12 bits per heavy atom. The summed E-state index contributed by atoms with van der Waals surface area (Å²) in [6, 6.07) is 12.4. The summed E-state index contributed by atoms with van der Waals surface area (Å²) in [7, 11) is 0. The first-order valence-electron chi connectivity index (χ1n) is 8.35. The van der Waals surface area contributed by atoms with Crippen LogP contribution < -0.4 is 5.32 Å². The van der Waals surface area contributed by atoms with E-state index in [1.165, 1.54) is 6.08 Å². The lowest BCUT2D eigenvalue weighted by Crippen LogP contribution is -2.10. The van der Waals surface area contributed by atoms with E-state index in [9.17, 15) is 9.59 Å². The molecule has 132 valence electrons. The van der Waals surface area contributed by atoms with Crippen molar-refractivity contribution < 1.29 is 14.3 Å². The van der Waals surface area contributed by atoms with Gasteiger partial charge in [-0.15, -0.1) is 0 Å². The molecule has 0 atom stereocenters. The van der Waals surface area contributed by atoms with Crippen molar-refractivity contribution in [2.75, 3.05) is 11.9 Å². The topological polar surface area (TPSA) is 72.7 Å². The number of carbonyl (C=O) groups excluding carboxylic acids is 2. The largest absolute Gasteiger partial charge is 0.462 e. The number of carbonyl (C=O) groups is 2. The van der Waals surface area contributed by atoms with Gasteiger partial charge in [0.1, 0.15) is 5.65 Å². The third kappa shape index (κ3) is 4.16. The van der Waals surface area contributed by atoms with Gasteiger partial charge in [-0.3, -0.25) is 4.79 Å². The molecule has 2 heterocycles. The molecule has 0 unspecified atom stereocenters. The van der Waals surface area contributed by atoms with E-state index in [0.717, 1.165) is 17.8 Å². The Morgan fingerprint density at radius 1 is 1.23 bits per heavy atom. The van der Waals surface area contributed by atoms with Gasteiger partial charge in [-0.2, -0.15) is 0 Å². The maximum absolute atomic E-state index is 12.2. The van der Waals surface area contributed by atoms with Crippen molar-refractivity contribution in [1.29, 1.82) is 0 Å². The highest BCUT2D eigenvalue weighted by atomic mass is 16.5. The first kappa shape index (κ1) is 17.4. The van der Waals surface area contributed by atoms with Crippen molar-refractivity contribution in [3.63, 3.8) is 0 Å². The third-order valence-electron chi connectivity index (χ3n) is 3.65. The van der Waals surface area contributed by atoms with Crippen LogP contribution >= 0.6 is 0 Å². The number of anilines is 1. The molecule has 0 spiro atoms. The molecule has 1 amide bonds. The number of ether oxygens (including phenoxy) is 1. The van der Waals surface area contributed by atoms with Crippen LogP contribution in [0.2, 0.25) is 0 Å². The molecule has 1 aromatic carbocycles. The van der Waals surface area contributed by atoms with Crippen molar-refractivity contribution in [3.8, 4) is 0 Å². The number of amides is 1. The lowest BCUT2D eigenvalue weighted by atomic mass is 10.2. The zero-order valence-electron chi connectivity index (χ0n) is 14.4. The highest BCUT2D eigenvalue weighted by Gasteiger charge is 2.08. The maximum Gasteiger partial charge on any atom is 0.338 e. The van der Waals surface area contributed by atoms with Crippen molar-refractivity contribution in [3.05, 3.63) is 72.2 Å². The Labute approximate surface area is 151 Å². The van der Waals surface area contributed by atoms with Crippen LogP contribution in [-0.2, 0) is 9.53 Å². The Balaban J connectivity index is 1.67. The van der Waals surface area contributed by atoms with E-state index in [1.54, 1.807) is 36.5 Å². The number of imidazole rings is 1. The quantitative estimate of drug-likeness (QED) is 0.546. The number of fused-ring (bicyclic) bond motifs is 1. The van der Waals surface area contributed by atoms with Crippen LogP contribution in [-0.4, -0.2) is 27.9 Å². The van der Waals surface area contributed by atoms with Gasteiger partial charge in [0, 0.05) is 18.0 Å². The Bertz CT molecular complexity index is 960. The number of aromatic nitrogens is 2. The van der Waals surface area contributed by atoms with Crippen LogP contribution in [0.5, 0.6) is 0 Å². The van der Waals surface area contributed by atoms with E-state index < -0.39 is 5.97 Å². The summed E-state index contributed by atoms with van der Waals surface area (Å²) in [5.74, 6) is -0.695. The molecule has 0 aliphatic rings. The smallest absolute Gasteiger partial charge is 0.338 e. The summed E-state index contributed by atoms with van der Waals surface area (Å²) < 4.78 is 6.98. The summed E-state index contributed by atoms with van der Waals surface area (Å²) in [5, 5.41) is 2.74. The number of nitrogens with one attached hydrogen (secondary N) is 1. The van der Waals surface area contributed by atoms with Crippen LogP contribution in [0, 0.1) is 0 Å². The number of hydrogen-bond acceptors (Lipinski definition) is 4. The Hall–Kier alpha value is -3.41.